The topological polar surface area (TPSA) is 125 Å². The first-order chi connectivity index (χ1) is 15.0. The lowest BCUT2D eigenvalue weighted by Crippen LogP contribution is -2.71. The Labute approximate surface area is 186 Å². The summed E-state index contributed by atoms with van der Waals surface area (Å²) in [4.78, 5) is 46.3. The number of rotatable bonds is 7. The highest BCUT2D eigenvalue weighted by Crippen LogP contribution is 2.41. The zero-order valence-corrected chi connectivity index (χ0v) is 17.9. The number of urea groups is 1. The van der Waals surface area contributed by atoms with Crippen LogP contribution in [0.1, 0.15) is 5.56 Å². The van der Waals surface area contributed by atoms with Crippen LogP contribution in [0, 0.1) is 0 Å². The molecule has 3 heterocycles. The van der Waals surface area contributed by atoms with Crippen LogP contribution in [-0.2, 0) is 16.1 Å². The molecule has 1 unspecified atom stereocenters. The van der Waals surface area contributed by atoms with Gasteiger partial charge in [-0.3, -0.25) is 9.69 Å². The van der Waals surface area contributed by atoms with E-state index in [0.29, 0.717) is 28.8 Å². The monoisotopic (exact) mass is 457 g/mol. The second kappa shape index (κ2) is 9.40. The summed E-state index contributed by atoms with van der Waals surface area (Å²) in [6, 6.07) is 9.89. The average molecular weight is 458 g/mol. The summed E-state index contributed by atoms with van der Waals surface area (Å²) < 4.78 is 0. The van der Waals surface area contributed by atoms with Crippen LogP contribution in [0.5, 0.6) is 0 Å². The molecule has 2 atom stereocenters. The highest BCUT2D eigenvalue weighted by molar-refractivity contribution is 8.01. The van der Waals surface area contributed by atoms with Gasteiger partial charge in [-0.25, -0.2) is 19.6 Å². The predicted octanol–water partition coefficient (Wildman–Crippen LogP) is 1.69. The number of β-lactam (4-membered cyclic amide) rings is 1. The normalized spacial score (nSPS) is 20.0. The lowest BCUT2D eigenvalue weighted by molar-refractivity contribution is -0.148. The van der Waals surface area contributed by atoms with Gasteiger partial charge in [0.15, 0.2) is 5.16 Å². The number of thioether (sulfide) groups is 2. The Balaban J connectivity index is 1.38. The molecule has 0 radical (unpaired) electrons. The van der Waals surface area contributed by atoms with E-state index in [1.54, 1.807) is 18.5 Å². The Bertz CT molecular complexity index is 1020. The van der Waals surface area contributed by atoms with Crippen molar-refractivity contribution >= 4 is 41.4 Å². The standard InChI is InChI=1S/C20H19N5O4S2/c26-16-14(24-19(29)23-9-12-5-2-1-3-6-12)17-25(16)15(18(27)28)13(10-30-17)11-31-20-21-7-4-8-22-20/h1-8,14,17H,9-11H2,(H,27,28)(H2,23,24,29)/t14?,17-/m0/s1. The van der Waals surface area contributed by atoms with Crippen LogP contribution in [0.2, 0.25) is 0 Å². The number of carboxylic acids is 1. The van der Waals surface area contributed by atoms with Gasteiger partial charge < -0.3 is 15.7 Å². The number of nitrogens with one attached hydrogen (secondary N) is 2. The van der Waals surface area contributed by atoms with Crippen LogP contribution < -0.4 is 10.6 Å². The second-order valence-electron chi connectivity index (χ2n) is 6.78. The van der Waals surface area contributed by atoms with Crippen LogP contribution >= 0.6 is 23.5 Å². The smallest absolute Gasteiger partial charge is 0.352 e. The SMILES string of the molecule is O=C(NCc1ccccc1)NC1C(=O)N2C(C(=O)O)=C(CSc3ncccn3)CS[C@@H]12. The van der Waals surface area contributed by atoms with Crippen LogP contribution in [0.4, 0.5) is 4.79 Å². The van der Waals surface area contributed by atoms with Gasteiger partial charge in [-0.2, -0.15) is 0 Å². The van der Waals surface area contributed by atoms with Crippen molar-refractivity contribution in [3.8, 4) is 0 Å². The Morgan fingerprint density at radius 2 is 1.94 bits per heavy atom. The van der Waals surface area contributed by atoms with E-state index in [1.807, 2.05) is 30.3 Å². The van der Waals surface area contributed by atoms with E-state index >= 15 is 0 Å². The van der Waals surface area contributed by atoms with Crippen molar-refractivity contribution in [1.82, 2.24) is 25.5 Å². The van der Waals surface area contributed by atoms with Crippen molar-refractivity contribution in [2.75, 3.05) is 11.5 Å². The number of carbonyl (C=O) groups excluding carboxylic acids is 2. The maximum absolute atomic E-state index is 12.7. The maximum atomic E-state index is 12.7. The zero-order valence-electron chi connectivity index (χ0n) is 16.2. The average Bonchev–Trinajstić information content (AvgIpc) is 2.80. The van der Waals surface area contributed by atoms with E-state index in [-0.39, 0.29) is 5.70 Å². The van der Waals surface area contributed by atoms with Gasteiger partial charge in [0.2, 0.25) is 0 Å². The number of fused-ring (bicyclic) bond motifs is 1. The van der Waals surface area contributed by atoms with Crippen molar-refractivity contribution in [3.63, 3.8) is 0 Å². The Morgan fingerprint density at radius 1 is 1.19 bits per heavy atom. The van der Waals surface area contributed by atoms with E-state index < -0.39 is 29.3 Å². The van der Waals surface area contributed by atoms with Crippen molar-refractivity contribution in [3.05, 3.63) is 65.6 Å². The van der Waals surface area contributed by atoms with Gasteiger partial charge in [0.1, 0.15) is 17.1 Å². The molecule has 0 spiro atoms. The first-order valence-electron chi connectivity index (χ1n) is 9.42. The van der Waals surface area contributed by atoms with E-state index in [2.05, 4.69) is 20.6 Å². The number of aliphatic carboxylic acids is 1. The first-order valence-corrected chi connectivity index (χ1v) is 11.5. The largest absolute Gasteiger partial charge is 0.477 e. The van der Waals surface area contributed by atoms with Gasteiger partial charge in [0.05, 0.1) is 0 Å². The predicted molar refractivity (Wildman–Crippen MR) is 116 cm³/mol. The molecule has 0 bridgehead atoms. The number of hydrogen-bond donors (Lipinski definition) is 3. The Kier molecular flexibility index (Phi) is 6.42. The molecule has 3 amide bonds. The minimum Gasteiger partial charge on any atom is -0.477 e. The minimum atomic E-state index is -1.16. The fraction of sp³-hybridized carbons (Fsp3) is 0.250. The summed E-state index contributed by atoms with van der Waals surface area (Å²) in [6.45, 7) is 0.332. The van der Waals surface area contributed by atoms with Crippen LogP contribution in [0.15, 0.2) is 65.2 Å². The molecule has 160 valence electrons. The first kappa shape index (κ1) is 21.2. The third kappa shape index (κ3) is 4.67. The molecular weight excluding hydrogens is 438 g/mol. The van der Waals surface area contributed by atoms with Crippen LogP contribution in [-0.4, -0.2) is 60.8 Å². The van der Waals surface area contributed by atoms with Crippen LogP contribution in [0.25, 0.3) is 0 Å². The third-order valence-electron chi connectivity index (χ3n) is 4.75. The summed E-state index contributed by atoms with van der Waals surface area (Å²) in [5.74, 6) is -0.775. The van der Waals surface area contributed by atoms with E-state index in [1.165, 1.54) is 28.4 Å². The molecule has 4 rings (SSSR count). The van der Waals surface area contributed by atoms with Gasteiger partial charge in [0.25, 0.3) is 5.91 Å². The summed E-state index contributed by atoms with van der Waals surface area (Å²) in [6.07, 6.45) is 3.23. The quantitative estimate of drug-likeness (QED) is 0.326. The van der Waals surface area contributed by atoms with Gasteiger partial charge >= 0.3 is 12.0 Å². The Hall–Kier alpha value is -3.05. The minimum absolute atomic E-state index is 0.0140. The molecule has 2 aliphatic rings. The number of hydrogen-bond acceptors (Lipinski definition) is 7. The second-order valence-corrected chi connectivity index (χ2v) is 8.82. The molecule has 1 saturated heterocycles. The van der Waals surface area contributed by atoms with E-state index in [9.17, 15) is 19.5 Å². The van der Waals surface area contributed by atoms with E-state index in [0.717, 1.165) is 5.56 Å². The number of amides is 3. The fourth-order valence-electron chi connectivity index (χ4n) is 3.28. The van der Waals surface area contributed by atoms with Gasteiger partial charge in [0, 0.05) is 30.4 Å². The molecule has 1 aromatic carbocycles. The van der Waals surface area contributed by atoms with E-state index in [4.69, 9.17) is 0 Å². The number of nitrogens with zero attached hydrogens (tertiary/aromatic N) is 3. The molecule has 9 nitrogen and oxygen atoms in total. The Morgan fingerprint density at radius 3 is 2.65 bits per heavy atom. The molecule has 11 heteroatoms. The molecule has 0 aliphatic carbocycles. The molecule has 3 N–H and O–H groups in total. The lowest BCUT2D eigenvalue weighted by Gasteiger charge is -2.49. The summed E-state index contributed by atoms with van der Waals surface area (Å²) in [5.41, 5.74) is 1.55. The lowest BCUT2D eigenvalue weighted by atomic mass is 10.0. The van der Waals surface area contributed by atoms with Crippen molar-refractivity contribution in [1.29, 1.82) is 0 Å². The van der Waals surface area contributed by atoms with Gasteiger partial charge in [-0.05, 0) is 17.2 Å². The van der Waals surface area contributed by atoms with Crippen LogP contribution in [0.3, 0.4) is 0 Å². The molecule has 1 fully saturated rings. The summed E-state index contributed by atoms with van der Waals surface area (Å²) in [7, 11) is 0. The third-order valence-corrected chi connectivity index (χ3v) is 7.05. The van der Waals surface area contributed by atoms with Crippen molar-refractivity contribution < 1.29 is 19.5 Å². The number of benzene rings is 1. The number of aromatic nitrogens is 2. The molecule has 2 aliphatic heterocycles. The van der Waals surface area contributed by atoms with Gasteiger partial charge in [-0.15, -0.1) is 11.8 Å². The highest BCUT2D eigenvalue weighted by Gasteiger charge is 2.54. The zero-order chi connectivity index (χ0) is 21.8. The molecular formula is C20H19N5O4S2. The summed E-state index contributed by atoms with van der Waals surface area (Å²) in [5, 5.41) is 15.2. The fourth-order valence-corrected chi connectivity index (χ4v) is 5.56. The summed E-state index contributed by atoms with van der Waals surface area (Å²) >= 11 is 2.75. The van der Waals surface area contributed by atoms with Crippen molar-refractivity contribution in [2.24, 2.45) is 0 Å². The van der Waals surface area contributed by atoms with Crippen molar-refractivity contribution in [2.45, 2.75) is 23.1 Å². The number of carboxylic acid groups (broad SMARTS) is 1. The molecule has 1 aromatic heterocycles. The number of carbonyl (C=O) groups is 3. The highest BCUT2D eigenvalue weighted by atomic mass is 32.2. The maximum Gasteiger partial charge on any atom is 0.352 e. The molecule has 0 saturated carbocycles. The van der Waals surface area contributed by atoms with Gasteiger partial charge in [-0.1, -0.05) is 42.1 Å². The molecule has 2 aromatic rings. The molecule has 31 heavy (non-hydrogen) atoms.